The molecule has 0 aromatic heterocycles. The second kappa shape index (κ2) is 9.62. The van der Waals surface area contributed by atoms with Crippen molar-refractivity contribution < 1.29 is 39.1 Å². The molecule has 1 nitrogen and oxygen atoms in total. The van der Waals surface area contributed by atoms with Crippen LogP contribution in [0.15, 0.2) is 24.3 Å². The Morgan fingerprint density at radius 1 is 1.18 bits per heavy atom. The zero-order valence-electron chi connectivity index (χ0n) is 5.60. The van der Waals surface area contributed by atoms with Crippen LogP contribution in [0.3, 0.4) is 0 Å². The fraction of sp³-hybridized carbons (Fsp3) is 0. The van der Waals surface area contributed by atoms with Gasteiger partial charge < -0.3 is 39.1 Å². The molecule has 0 unspecified atom stereocenters. The van der Waals surface area contributed by atoms with Gasteiger partial charge in [-0.2, -0.15) is 0 Å². The van der Waals surface area contributed by atoms with E-state index in [1.54, 1.807) is 18.2 Å². The van der Waals surface area contributed by atoms with Crippen LogP contribution in [0.4, 0.5) is 0 Å². The molecule has 0 amide bonds. The molecule has 58 valence electrons. The first-order valence-corrected chi connectivity index (χ1v) is 2.61. The SMILES string of the molecule is Oc1cccc(Cl)c1.[Br-].[Br-].[Ca+2]. The molecule has 1 aromatic carbocycles. The van der Waals surface area contributed by atoms with Gasteiger partial charge in [-0.15, -0.1) is 0 Å². The van der Waals surface area contributed by atoms with E-state index in [4.69, 9.17) is 16.7 Å². The van der Waals surface area contributed by atoms with Crippen molar-refractivity contribution in [1.82, 2.24) is 0 Å². The molecule has 11 heavy (non-hydrogen) atoms. The van der Waals surface area contributed by atoms with E-state index in [-0.39, 0.29) is 77.5 Å². The van der Waals surface area contributed by atoms with Crippen molar-refractivity contribution in [1.29, 1.82) is 0 Å². The van der Waals surface area contributed by atoms with E-state index in [1.807, 2.05) is 0 Å². The number of halogens is 3. The van der Waals surface area contributed by atoms with Gasteiger partial charge in [-0.25, -0.2) is 0 Å². The average Bonchev–Trinajstić information content (AvgIpc) is 1.64. The summed E-state index contributed by atoms with van der Waals surface area (Å²) in [5.41, 5.74) is 0. The maximum absolute atomic E-state index is 8.73. The number of aromatic hydroxyl groups is 1. The maximum atomic E-state index is 8.73. The molecule has 0 radical (unpaired) electrons. The minimum absolute atomic E-state index is 0. The number of phenols is 1. The second-order valence-electron chi connectivity index (χ2n) is 1.48. The summed E-state index contributed by atoms with van der Waals surface area (Å²) in [6.45, 7) is 0. The minimum Gasteiger partial charge on any atom is -1.00 e. The van der Waals surface area contributed by atoms with Crippen LogP contribution in [0, 0.1) is 0 Å². The molecule has 0 bridgehead atoms. The predicted octanol–water partition coefficient (Wildman–Crippen LogP) is -4.33. The van der Waals surface area contributed by atoms with Gasteiger partial charge >= 0.3 is 37.7 Å². The summed E-state index contributed by atoms with van der Waals surface area (Å²) in [4.78, 5) is 0. The van der Waals surface area contributed by atoms with E-state index in [1.165, 1.54) is 6.07 Å². The molecule has 5 heteroatoms. The van der Waals surface area contributed by atoms with Gasteiger partial charge in [0.25, 0.3) is 0 Å². The number of benzene rings is 1. The molecule has 1 aromatic rings. The molecule has 0 aliphatic heterocycles. The summed E-state index contributed by atoms with van der Waals surface area (Å²) in [5.74, 6) is 0.206. The molecule has 0 aliphatic carbocycles. The Balaban J connectivity index is -0.000000213. The van der Waals surface area contributed by atoms with E-state index in [2.05, 4.69) is 0 Å². The number of rotatable bonds is 0. The third-order valence-electron chi connectivity index (χ3n) is 0.808. The van der Waals surface area contributed by atoms with Gasteiger partial charge in [0.1, 0.15) is 5.75 Å². The Morgan fingerprint density at radius 2 is 1.73 bits per heavy atom. The van der Waals surface area contributed by atoms with Crippen molar-refractivity contribution in [3.8, 4) is 5.75 Å². The van der Waals surface area contributed by atoms with Crippen LogP contribution in [0.1, 0.15) is 0 Å². The van der Waals surface area contributed by atoms with Crippen molar-refractivity contribution in [2.45, 2.75) is 0 Å². The Morgan fingerprint density at radius 3 is 2.00 bits per heavy atom. The topological polar surface area (TPSA) is 20.2 Å². The molecule has 0 saturated heterocycles. The first-order chi connectivity index (χ1) is 3.79. The fourth-order valence-corrected chi connectivity index (χ4v) is 0.661. The molecule has 0 spiro atoms. The molecule has 1 N–H and O–H groups in total. The van der Waals surface area contributed by atoms with Gasteiger partial charge in [0.05, 0.1) is 0 Å². The largest absolute Gasteiger partial charge is 2.00 e. The Kier molecular flexibility index (Phi) is 16.0. The number of hydrogen-bond donors (Lipinski definition) is 1. The first-order valence-electron chi connectivity index (χ1n) is 2.23. The van der Waals surface area contributed by atoms with Crippen LogP contribution in [-0.4, -0.2) is 42.8 Å². The molecule has 0 heterocycles. The molecule has 0 atom stereocenters. The van der Waals surface area contributed by atoms with E-state index in [9.17, 15) is 0 Å². The molecule has 0 fully saturated rings. The van der Waals surface area contributed by atoms with E-state index >= 15 is 0 Å². The average molecular weight is 328 g/mol. The van der Waals surface area contributed by atoms with Crippen LogP contribution < -0.4 is 34.0 Å². The number of phenolic OH excluding ortho intramolecular Hbond substituents is 1. The van der Waals surface area contributed by atoms with Crippen LogP contribution in [0.5, 0.6) is 5.75 Å². The smallest absolute Gasteiger partial charge is 1.00 e. The predicted molar refractivity (Wildman–Crippen MR) is 38.9 cm³/mol. The van der Waals surface area contributed by atoms with E-state index in [0.717, 1.165) is 0 Å². The van der Waals surface area contributed by atoms with Crippen molar-refractivity contribution in [2.75, 3.05) is 0 Å². The normalized spacial score (nSPS) is 6.64. The summed E-state index contributed by atoms with van der Waals surface area (Å²) in [6.07, 6.45) is 0. The van der Waals surface area contributed by atoms with Crippen LogP contribution in [-0.2, 0) is 0 Å². The van der Waals surface area contributed by atoms with Gasteiger partial charge in [-0.05, 0) is 18.2 Å². The van der Waals surface area contributed by atoms with Crippen LogP contribution in [0.25, 0.3) is 0 Å². The zero-order valence-corrected chi connectivity index (χ0v) is 11.7. The maximum Gasteiger partial charge on any atom is 2.00 e. The molecule has 1 rings (SSSR count). The van der Waals surface area contributed by atoms with E-state index in [0.29, 0.717) is 5.02 Å². The summed E-state index contributed by atoms with van der Waals surface area (Å²) < 4.78 is 0. The number of hydrogen-bond acceptors (Lipinski definition) is 1. The summed E-state index contributed by atoms with van der Waals surface area (Å²) in [6, 6.07) is 6.46. The minimum atomic E-state index is 0. The van der Waals surface area contributed by atoms with Crippen molar-refractivity contribution in [3.63, 3.8) is 0 Å². The van der Waals surface area contributed by atoms with Gasteiger partial charge in [0.2, 0.25) is 0 Å². The van der Waals surface area contributed by atoms with Gasteiger partial charge in [-0.1, -0.05) is 17.7 Å². The van der Waals surface area contributed by atoms with Crippen molar-refractivity contribution in [3.05, 3.63) is 29.3 Å². The molecular weight excluding hydrogens is 323 g/mol. The van der Waals surface area contributed by atoms with Crippen molar-refractivity contribution >= 4 is 49.3 Å². The third-order valence-corrected chi connectivity index (χ3v) is 1.04. The Labute approximate surface area is 122 Å². The summed E-state index contributed by atoms with van der Waals surface area (Å²) in [5, 5.41) is 9.29. The van der Waals surface area contributed by atoms with Gasteiger partial charge in [0.15, 0.2) is 0 Å². The van der Waals surface area contributed by atoms with E-state index < -0.39 is 0 Å². The molecular formula is C6H5Br2CaClO. The van der Waals surface area contributed by atoms with Crippen molar-refractivity contribution in [2.24, 2.45) is 0 Å². The Bertz CT molecular complexity index is 180. The Hall–Kier alpha value is 1.53. The second-order valence-corrected chi connectivity index (χ2v) is 1.92. The van der Waals surface area contributed by atoms with Crippen LogP contribution in [0.2, 0.25) is 5.02 Å². The standard InChI is InChI=1S/C6H5ClO.2BrH.Ca/c7-5-2-1-3-6(8)4-5;;;/h1-4,8H;2*1H;/q;;;+2/p-2. The zero-order chi connectivity index (χ0) is 5.98. The van der Waals surface area contributed by atoms with Gasteiger partial charge in [0, 0.05) is 5.02 Å². The third kappa shape index (κ3) is 7.88. The fourth-order valence-electron chi connectivity index (χ4n) is 0.476. The summed E-state index contributed by atoms with van der Waals surface area (Å²) >= 11 is 5.48. The first kappa shape index (κ1) is 18.3. The quantitative estimate of drug-likeness (QED) is 0.478. The molecule has 0 aliphatic rings. The summed E-state index contributed by atoms with van der Waals surface area (Å²) in [7, 11) is 0. The van der Waals surface area contributed by atoms with Gasteiger partial charge in [-0.3, -0.25) is 0 Å². The monoisotopic (exact) mass is 326 g/mol. The molecule has 0 saturated carbocycles. The van der Waals surface area contributed by atoms with Crippen LogP contribution >= 0.6 is 11.6 Å².